The monoisotopic (exact) mass is 370 g/mol. The summed E-state index contributed by atoms with van der Waals surface area (Å²) in [5, 5.41) is 9.28. The molecule has 0 atom stereocenters. The van der Waals surface area contributed by atoms with Crippen molar-refractivity contribution < 1.29 is 4.79 Å². The van der Waals surface area contributed by atoms with E-state index in [0.717, 1.165) is 41.6 Å². The van der Waals surface area contributed by atoms with E-state index in [2.05, 4.69) is 35.3 Å². The molecule has 0 unspecified atom stereocenters. The normalized spacial score (nSPS) is 14.2. The zero-order valence-electron chi connectivity index (χ0n) is 15.7. The van der Waals surface area contributed by atoms with Crippen LogP contribution in [0.4, 0.5) is 0 Å². The van der Waals surface area contributed by atoms with Crippen molar-refractivity contribution in [2.45, 2.75) is 51.6 Å². The molecule has 1 aliphatic rings. The minimum atomic E-state index is 0.141. The van der Waals surface area contributed by atoms with Crippen LogP contribution in [0, 0.1) is 13.8 Å². The zero-order chi connectivity index (χ0) is 18.5. The number of allylic oxidation sites excluding steroid dienone is 2. The quantitative estimate of drug-likeness (QED) is 0.712. The summed E-state index contributed by atoms with van der Waals surface area (Å²) in [5.41, 5.74) is 3.40. The summed E-state index contributed by atoms with van der Waals surface area (Å²) < 4.78 is 2.03. The van der Waals surface area contributed by atoms with Gasteiger partial charge in [0.25, 0.3) is 0 Å². The maximum Gasteiger partial charge on any atom is 0.237 e. The number of carbonyl (C=O) groups is 1. The van der Waals surface area contributed by atoms with Gasteiger partial charge in [0.05, 0.1) is 11.4 Å². The average Bonchev–Trinajstić information content (AvgIpc) is 3.02. The topological polar surface area (TPSA) is 51.0 Å². The highest BCUT2D eigenvalue weighted by molar-refractivity contribution is 7.99. The highest BCUT2D eigenvalue weighted by atomic mass is 32.2. The Morgan fingerprint density at radius 2 is 2.04 bits per heavy atom. The molecule has 1 heterocycles. The van der Waals surface area contributed by atoms with Crippen LogP contribution < -0.4 is 0 Å². The van der Waals surface area contributed by atoms with Crippen molar-refractivity contribution in [3.8, 4) is 5.69 Å². The Hall–Kier alpha value is -2.08. The molecule has 3 rings (SSSR count). The summed E-state index contributed by atoms with van der Waals surface area (Å²) in [6.07, 6.45) is 6.69. The van der Waals surface area contributed by atoms with Gasteiger partial charge in [0.2, 0.25) is 5.91 Å². The molecule has 0 saturated carbocycles. The molecule has 1 aromatic heterocycles. The first-order chi connectivity index (χ1) is 12.6. The van der Waals surface area contributed by atoms with E-state index < -0.39 is 0 Å². The SMILES string of the molecule is CCN(C(=O)CSc1nnc(C)n1-c1ccccc1C)C1=CCCCC1. The lowest BCUT2D eigenvalue weighted by Crippen LogP contribution is -2.32. The maximum atomic E-state index is 12.8. The molecular formula is C20H26N4OS. The number of aromatic nitrogens is 3. The van der Waals surface area contributed by atoms with Crippen LogP contribution in [-0.4, -0.2) is 37.9 Å². The van der Waals surface area contributed by atoms with E-state index >= 15 is 0 Å². The summed E-state index contributed by atoms with van der Waals surface area (Å²) >= 11 is 1.46. The smallest absolute Gasteiger partial charge is 0.237 e. The molecule has 0 aliphatic heterocycles. The van der Waals surface area contributed by atoms with Crippen LogP contribution in [0.2, 0.25) is 0 Å². The third-order valence-electron chi connectivity index (χ3n) is 4.71. The lowest BCUT2D eigenvalue weighted by Gasteiger charge is -2.26. The standard InChI is InChI=1S/C20H26N4OS/c1-4-23(17-11-6-5-7-12-17)19(25)14-26-20-22-21-16(3)24(20)18-13-9-8-10-15(18)2/h8-11,13H,4-7,12,14H2,1-3H3. The Balaban J connectivity index is 1.75. The number of para-hydroxylation sites is 1. The number of nitrogens with zero attached hydrogens (tertiary/aromatic N) is 4. The van der Waals surface area contributed by atoms with Gasteiger partial charge in [-0.1, -0.05) is 36.0 Å². The summed E-state index contributed by atoms with van der Waals surface area (Å²) in [7, 11) is 0. The van der Waals surface area contributed by atoms with E-state index in [1.54, 1.807) is 0 Å². The summed E-state index contributed by atoms with van der Waals surface area (Å²) in [5.74, 6) is 1.34. The number of thioether (sulfide) groups is 1. The van der Waals surface area contributed by atoms with Gasteiger partial charge in [-0.05, 0) is 58.1 Å². The Morgan fingerprint density at radius 1 is 1.23 bits per heavy atom. The highest BCUT2D eigenvalue weighted by Crippen LogP contribution is 2.26. The van der Waals surface area contributed by atoms with Gasteiger partial charge in [-0.3, -0.25) is 9.36 Å². The number of hydrogen-bond donors (Lipinski definition) is 0. The Morgan fingerprint density at radius 3 is 2.73 bits per heavy atom. The van der Waals surface area contributed by atoms with Crippen LogP contribution in [-0.2, 0) is 4.79 Å². The number of aryl methyl sites for hydroxylation is 2. The van der Waals surface area contributed by atoms with Crippen LogP contribution in [0.15, 0.2) is 41.2 Å². The molecule has 1 aliphatic carbocycles. The average molecular weight is 371 g/mol. The van der Waals surface area contributed by atoms with Crippen molar-refractivity contribution >= 4 is 17.7 Å². The fraction of sp³-hybridized carbons (Fsp3) is 0.450. The summed E-state index contributed by atoms with van der Waals surface area (Å²) in [6, 6.07) is 8.16. The van der Waals surface area contributed by atoms with Crippen LogP contribution in [0.5, 0.6) is 0 Å². The Bertz CT molecular complexity index is 812. The minimum Gasteiger partial charge on any atom is -0.316 e. The van der Waals surface area contributed by atoms with Crippen molar-refractivity contribution in [2.75, 3.05) is 12.3 Å². The molecule has 138 valence electrons. The van der Waals surface area contributed by atoms with Crippen LogP contribution in [0.1, 0.15) is 44.0 Å². The second-order valence-corrected chi connectivity index (χ2v) is 7.46. The van der Waals surface area contributed by atoms with Gasteiger partial charge in [0, 0.05) is 12.2 Å². The molecule has 1 aromatic carbocycles. The van der Waals surface area contributed by atoms with Crippen LogP contribution >= 0.6 is 11.8 Å². The largest absolute Gasteiger partial charge is 0.316 e. The van der Waals surface area contributed by atoms with Crippen molar-refractivity contribution in [1.29, 1.82) is 0 Å². The van der Waals surface area contributed by atoms with Gasteiger partial charge < -0.3 is 4.90 Å². The second kappa shape index (κ2) is 8.54. The number of benzene rings is 1. The molecule has 6 heteroatoms. The predicted molar refractivity (Wildman–Crippen MR) is 105 cm³/mol. The van der Waals surface area contributed by atoms with Crippen LogP contribution in [0.25, 0.3) is 5.69 Å². The van der Waals surface area contributed by atoms with Gasteiger partial charge >= 0.3 is 0 Å². The van der Waals surface area contributed by atoms with E-state index in [4.69, 9.17) is 0 Å². The molecule has 0 bridgehead atoms. The summed E-state index contributed by atoms with van der Waals surface area (Å²) in [6.45, 7) is 6.77. The second-order valence-electron chi connectivity index (χ2n) is 6.52. The van der Waals surface area contributed by atoms with Crippen molar-refractivity contribution in [3.63, 3.8) is 0 Å². The molecule has 1 amide bonds. The van der Waals surface area contributed by atoms with Gasteiger partial charge in [-0.15, -0.1) is 10.2 Å². The molecule has 26 heavy (non-hydrogen) atoms. The first-order valence-electron chi connectivity index (χ1n) is 9.22. The molecule has 0 fully saturated rings. The van der Waals surface area contributed by atoms with Crippen molar-refractivity contribution in [2.24, 2.45) is 0 Å². The number of hydrogen-bond acceptors (Lipinski definition) is 4. The molecule has 0 spiro atoms. The van der Waals surface area contributed by atoms with E-state index in [0.29, 0.717) is 5.75 Å². The van der Waals surface area contributed by atoms with E-state index in [-0.39, 0.29) is 5.91 Å². The third-order valence-corrected chi connectivity index (χ3v) is 5.62. The highest BCUT2D eigenvalue weighted by Gasteiger charge is 2.20. The molecule has 0 saturated heterocycles. The van der Waals surface area contributed by atoms with E-state index in [1.165, 1.54) is 30.3 Å². The maximum absolute atomic E-state index is 12.8. The molecule has 0 N–H and O–H groups in total. The van der Waals surface area contributed by atoms with E-state index in [9.17, 15) is 4.79 Å². The van der Waals surface area contributed by atoms with Gasteiger partial charge in [-0.2, -0.15) is 0 Å². The van der Waals surface area contributed by atoms with Gasteiger partial charge in [0.1, 0.15) is 5.82 Å². The van der Waals surface area contributed by atoms with Crippen LogP contribution in [0.3, 0.4) is 0 Å². The first-order valence-corrected chi connectivity index (χ1v) is 10.2. The zero-order valence-corrected chi connectivity index (χ0v) is 16.6. The van der Waals surface area contributed by atoms with Crippen molar-refractivity contribution in [1.82, 2.24) is 19.7 Å². The molecule has 5 nitrogen and oxygen atoms in total. The number of carbonyl (C=O) groups excluding carboxylic acids is 1. The van der Waals surface area contributed by atoms with Crippen molar-refractivity contribution in [3.05, 3.63) is 47.4 Å². The first kappa shape index (κ1) is 18.7. The lowest BCUT2D eigenvalue weighted by atomic mass is 10.0. The number of rotatable bonds is 6. The third kappa shape index (κ3) is 4.01. The lowest BCUT2D eigenvalue weighted by molar-refractivity contribution is -0.126. The molecule has 2 aromatic rings. The Labute approximate surface area is 159 Å². The number of amides is 1. The minimum absolute atomic E-state index is 0.141. The van der Waals surface area contributed by atoms with Gasteiger partial charge in [0.15, 0.2) is 5.16 Å². The summed E-state index contributed by atoms with van der Waals surface area (Å²) in [4.78, 5) is 14.7. The van der Waals surface area contributed by atoms with E-state index in [1.807, 2.05) is 35.4 Å². The Kier molecular flexibility index (Phi) is 6.14. The molecule has 0 radical (unpaired) electrons. The fourth-order valence-corrected chi connectivity index (χ4v) is 4.20. The fourth-order valence-electron chi connectivity index (χ4n) is 3.34. The predicted octanol–water partition coefficient (Wildman–Crippen LogP) is 4.28. The van der Waals surface area contributed by atoms with Gasteiger partial charge in [-0.25, -0.2) is 0 Å². The molecular weight excluding hydrogens is 344 g/mol.